The van der Waals surface area contributed by atoms with Crippen molar-refractivity contribution in [2.75, 3.05) is 18.4 Å². The number of nitrogens with one attached hydrogen (secondary N) is 1. The summed E-state index contributed by atoms with van der Waals surface area (Å²) in [4.78, 5) is 0. The van der Waals surface area contributed by atoms with Crippen molar-refractivity contribution in [3.63, 3.8) is 0 Å². The number of halogens is 2. The topological polar surface area (TPSA) is 38.0 Å². The molecule has 0 aliphatic rings. The van der Waals surface area contributed by atoms with Gasteiger partial charge in [-0.05, 0) is 44.5 Å². The minimum Gasteiger partial charge on any atom is -0.384 e. The molecule has 0 saturated carbocycles. The third kappa shape index (κ3) is 3.65. The molecule has 2 nitrogen and oxygen atoms in total. The Hall–Kier alpha value is -0.800. The smallest absolute Gasteiger partial charge is 0.130 e. The fourth-order valence-electron chi connectivity index (χ4n) is 1.35. The van der Waals surface area contributed by atoms with Crippen molar-refractivity contribution in [1.29, 1.82) is 0 Å². The lowest BCUT2D eigenvalue weighted by molar-refractivity contribution is 0.221. The molecule has 0 aromatic heterocycles. The summed E-state index contributed by atoms with van der Waals surface area (Å²) >= 11 is 6.05. The molecule has 0 spiro atoms. The zero-order valence-corrected chi connectivity index (χ0v) is 10.4. The molecule has 16 heavy (non-hydrogen) atoms. The number of anilines is 1. The largest absolute Gasteiger partial charge is 0.384 e. The first kappa shape index (κ1) is 13.3. The highest BCUT2D eigenvalue weighted by Crippen LogP contribution is 2.30. The van der Waals surface area contributed by atoms with Crippen LogP contribution in [0.4, 0.5) is 10.1 Å². The maximum Gasteiger partial charge on any atom is 0.130 e. The summed E-state index contributed by atoms with van der Waals surface area (Å²) in [5.41, 5.74) is 5.44. The molecule has 0 unspecified atom stereocenters. The molecule has 4 heteroatoms. The molecule has 0 atom stereocenters. The van der Waals surface area contributed by atoms with Crippen LogP contribution < -0.4 is 11.1 Å². The summed E-state index contributed by atoms with van der Waals surface area (Å²) in [7, 11) is 0. The highest BCUT2D eigenvalue weighted by Gasteiger charge is 2.19. The second kappa shape index (κ2) is 5.51. The quantitative estimate of drug-likeness (QED) is 0.780. The summed E-state index contributed by atoms with van der Waals surface area (Å²) < 4.78 is 13.6. The van der Waals surface area contributed by atoms with Gasteiger partial charge in [0.2, 0.25) is 0 Å². The molecule has 0 saturated heterocycles. The minimum atomic E-state index is -1.36. The van der Waals surface area contributed by atoms with Crippen LogP contribution in [0.3, 0.4) is 0 Å². The molecular formula is C12H18ClFN2. The van der Waals surface area contributed by atoms with Gasteiger partial charge in [-0.25, -0.2) is 4.39 Å². The van der Waals surface area contributed by atoms with Crippen LogP contribution in [-0.4, -0.2) is 13.1 Å². The van der Waals surface area contributed by atoms with Gasteiger partial charge >= 0.3 is 0 Å². The Morgan fingerprint density at radius 1 is 1.44 bits per heavy atom. The maximum absolute atomic E-state index is 13.6. The van der Waals surface area contributed by atoms with Crippen LogP contribution in [0.25, 0.3) is 0 Å². The van der Waals surface area contributed by atoms with E-state index in [1.54, 1.807) is 18.2 Å². The lowest BCUT2D eigenvalue weighted by atomic mass is 10.00. The van der Waals surface area contributed by atoms with Gasteiger partial charge in [0.05, 0.1) is 10.7 Å². The fraction of sp³-hybridized carbons (Fsp3) is 0.500. The van der Waals surface area contributed by atoms with Crippen molar-refractivity contribution in [3.8, 4) is 0 Å². The van der Waals surface area contributed by atoms with E-state index in [1.807, 2.05) is 0 Å². The van der Waals surface area contributed by atoms with Gasteiger partial charge in [0.25, 0.3) is 0 Å². The summed E-state index contributed by atoms with van der Waals surface area (Å²) in [6.07, 6.45) is 0.882. The molecule has 1 aromatic rings. The van der Waals surface area contributed by atoms with Gasteiger partial charge in [0.1, 0.15) is 5.67 Å². The molecule has 0 amide bonds. The second-order valence-electron chi connectivity index (χ2n) is 4.24. The Morgan fingerprint density at radius 2 is 2.12 bits per heavy atom. The van der Waals surface area contributed by atoms with Gasteiger partial charge in [-0.2, -0.15) is 0 Å². The standard InChI is InChI=1S/C12H18ClFN2/c1-12(2,14)9-4-5-11(10(13)8-9)16-7-3-6-15/h4-5,8,16H,3,6-7,15H2,1-2H3. The van der Waals surface area contributed by atoms with E-state index < -0.39 is 5.67 Å². The molecule has 0 aliphatic carbocycles. The van der Waals surface area contributed by atoms with E-state index in [-0.39, 0.29) is 0 Å². The van der Waals surface area contributed by atoms with E-state index in [1.165, 1.54) is 13.8 Å². The Kier molecular flexibility index (Phi) is 4.56. The van der Waals surface area contributed by atoms with E-state index in [0.717, 1.165) is 18.7 Å². The molecule has 0 aliphatic heterocycles. The van der Waals surface area contributed by atoms with Crippen LogP contribution in [0, 0.1) is 0 Å². The summed E-state index contributed by atoms with van der Waals surface area (Å²) in [6, 6.07) is 5.21. The van der Waals surface area contributed by atoms with E-state index in [9.17, 15) is 4.39 Å². The van der Waals surface area contributed by atoms with Gasteiger partial charge in [-0.3, -0.25) is 0 Å². The molecule has 3 N–H and O–H groups in total. The first-order valence-corrected chi connectivity index (χ1v) is 5.76. The van der Waals surface area contributed by atoms with Gasteiger partial charge in [-0.15, -0.1) is 0 Å². The predicted molar refractivity (Wildman–Crippen MR) is 67.7 cm³/mol. The first-order valence-electron chi connectivity index (χ1n) is 5.38. The lowest BCUT2D eigenvalue weighted by Gasteiger charge is -2.16. The number of alkyl halides is 1. The third-order valence-electron chi connectivity index (χ3n) is 2.35. The van der Waals surface area contributed by atoms with Crippen LogP contribution in [0.2, 0.25) is 5.02 Å². The van der Waals surface area contributed by atoms with Crippen molar-refractivity contribution in [2.24, 2.45) is 5.73 Å². The first-order chi connectivity index (χ1) is 7.45. The van der Waals surface area contributed by atoms with E-state index in [2.05, 4.69) is 5.32 Å². The van der Waals surface area contributed by atoms with E-state index in [4.69, 9.17) is 17.3 Å². The van der Waals surface area contributed by atoms with Crippen LogP contribution in [0.15, 0.2) is 18.2 Å². The van der Waals surface area contributed by atoms with Crippen LogP contribution in [0.1, 0.15) is 25.8 Å². The highest BCUT2D eigenvalue weighted by atomic mass is 35.5. The molecule has 0 radical (unpaired) electrons. The van der Waals surface area contributed by atoms with Gasteiger partial charge < -0.3 is 11.1 Å². The van der Waals surface area contributed by atoms with Crippen molar-refractivity contribution >= 4 is 17.3 Å². The normalized spacial score (nSPS) is 11.6. The lowest BCUT2D eigenvalue weighted by Crippen LogP contribution is -2.11. The summed E-state index contributed by atoms with van der Waals surface area (Å²) in [5.74, 6) is 0. The summed E-state index contributed by atoms with van der Waals surface area (Å²) in [5, 5.41) is 3.70. The molecular weight excluding hydrogens is 227 g/mol. The zero-order chi connectivity index (χ0) is 12.2. The number of nitrogens with two attached hydrogens (primary N) is 1. The average Bonchev–Trinajstić information content (AvgIpc) is 2.19. The third-order valence-corrected chi connectivity index (χ3v) is 2.66. The van der Waals surface area contributed by atoms with Crippen molar-refractivity contribution in [2.45, 2.75) is 25.9 Å². The van der Waals surface area contributed by atoms with Gasteiger partial charge in [0, 0.05) is 6.54 Å². The zero-order valence-electron chi connectivity index (χ0n) is 9.69. The minimum absolute atomic E-state index is 0.542. The fourth-order valence-corrected chi connectivity index (χ4v) is 1.60. The average molecular weight is 245 g/mol. The Bertz CT molecular complexity index is 347. The van der Waals surface area contributed by atoms with Gasteiger partial charge in [-0.1, -0.05) is 17.7 Å². The van der Waals surface area contributed by atoms with Crippen molar-refractivity contribution in [1.82, 2.24) is 0 Å². The summed E-state index contributed by atoms with van der Waals surface area (Å²) in [6.45, 7) is 4.44. The van der Waals surface area contributed by atoms with Gasteiger partial charge in [0.15, 0.2) is 0 Å². The Morgan fingerprint density at radius 3 is 2.62 bits per heavy atom. The monoisotopic (exact) mass is 244 g/mol. The Balaban J connectivity index is 2.76. The number of hydrogen-bond acceptors (Lipinski definition) is 2. The highest BCUT2D eigenvalue weighted by molar-refractivity contribution is 6.33. The molecule has 1 rings (SSSR count). The van der Waals surface area contributed by atoms with Crippen molar-refractivity contribution < 1.29 is 4.39 Å². The number of benzene rings is 1. The Labute approximate surface area is 101 Å². The van der Waals surface area contributed by atoms with Crippen molar-refractivity contribution in [3.05, 3.63) is 28.8 Å². The second-order valence-corrected chi connectivity index (χ2v) is 4.64. The van der Waals surface area contributed by atoms with Crippen LogP contribution in [0.5, 0.6) is 0 Å². The molecule has 90 valence electrons. The molecule has 0 fully saturated rings. The van der Waals surface area contributed by atoms with Crippen LogP contribution in [-0.2, 0) is 5.67 Å². The number of hydrogen-bond donors (Lipinski definition) is 2. The van der Waals surface area contributed by atoms with E-state index in [0.29, 0.717) is 17.1 Å². The van der Waals surface area contributed by atoms with Crippen LogP contribution >= 0.6 is 11.6 Å². The number of rotatable bonds is 5. The van der Waals surface area contributed by atoms with E-state index >= 15 is 0 Å². The predicted octanol–water partition coefficient (Wildman–Crippen LogP) is 3.31. The molecule has 1 aromatic carbocycles. The maximum atomic E-state index is 13.6. The SMILES string of the molecule is CC(C)(F)c1ccc(NCCCN)c(Cl)c1. The molecule has 0 heterocycles. The molecule has 0 bridgehead atoms.